The van der Waals surface area contributed by atoms with Crippen LogP contribution in [-0.4, -0.2) is 22.1 Å². The van der Waals surface area contributed by atoms with Gasteiger partial charge in [0.05, 0.1) is 18.8 Å². The van der Waals surface area contributed by atoms with Crippen LogP contribution in [0.15, 0.2) is 55.0 Å². The Hall–Kier alpha value is -3.02. The molecule has 6 heteroatoms. The summed E-state index contributed by atoms with van der Waals surface area (Å²) in [6.45, 7) is 1.92. The molecule has 0 aliphatic rings. The Morgan fingerprint density at radius 1 is 1.17 bits per heavy atom. The van der Waals surface area contributed by atoms with Crippen LogP contribution in [0, 0.1) is 5.82 Å². The fraction of sp³-hybridized carbons (Fsp3) is 0.167. The average Bonchev–Trinajstić information content (AvgIpc) is 2.62. The lowest BCUT2D eigenvalue weighted by Crippen LogP contribution is -2.10. The normalized spacial score (nSPS) is 11.8. The van der Waals surface area contributed by atoms with Crippen molar-refractivity contribution in [3.63, 3.8) is 0 Å². The first-order valence-electron chi connectivity index (χ1n) is 7.51. The molecule has 2 aromatic heterocycles. The zero-order valence-electron chi connectivity index (χ0n) is 13.4. The monoisotopic (exact) mass is 324 g/mol. The van der Waals surface area contributed by atoms with E-state index in [1.165, 1.54) is 13.2 Å². The third kappa shape index (κ3) is 3.48. The van der Waals surface area contributed by atoms with Gasteiger partial charge in [0.15, 0.2) is 11.6 Å². The maximum Gasteiger partial charge on any atom is 0.223 e. The Morgan fingerprint density at radius 2 is 2.04 bits per heavy atom. The van der Waals surface area contributed by atoms with Crippen LogP contribution in [0.4, 0.5) is 10.3 Å². The van der Waals surface area contributed by atoms with Gasteiger partial charge in [-0.3, -0.25) is 4.98 Å². The molecule has 2 heterocycles. The molecular weight excluding hydrogens is 307 g/mol. The summed E-state index contributed by atoms with van der Waals surface area (Å²) < 4.78 is 18.8. The van der Waals surface area contributed by atoms with Gasteiger partial charge in [-0.1, -0.05) is 6.07 Å². The van der Waals surface area contributed by atoms with E-state index >= 15 is 0 Å². The van der Waals surface area contributed by atoms with E-state index in [9.17, 15) is 4.39 Å². The molecule has 0 fully saturated rings. The minimum absolute atomic E-state index is 0.158. The maximum absolute atomic E-state index is 13.8. The number of rotatable bonds is 5. The minimum atomic E-state index is -0.395. The number of nitrogens with one attached hydrogen (secondary N) is 1. The Bertz CT molecular complexity index is 826. The van der Waals surface area contributed by atoms with E-state index in [-0.39, 0.29) is 11.8 Å². The predicted molar refractivity (Wildman–Crippen MR) is 90.3 cm³/mol. The summed E-state index contributed by atoms with van der Waals surface area (Å²) in [6.07, 6.45) is 5.14. The molecule has 0 saturated carbocycles. The van der Waals surface area contributed by atoms with E-state index in [0.717, 1.165) is 16.8 Å². The first kappa shape index (κ1) is 15.9. The average molecular weight is 324 g/mol. The van der Waals surface area contributed by atoms with E-state index in [1.54, 1.807) is 24.7 Å². The molecule has 0 aliphatic carbocycles. The summed E-state index contributed by atoms with van der Waals surface area (Å²) >= 11 is 0. The highest BCUT2D eigenvalue weighted by atomic mass is 19.1. The number of anilines is 1. The SMILES string of the molecule is COc1ccc([C@H](C)Nc2nccc(-c3cccnc3)n2)cc1F. The summed E-state index contributed by atoms with van der Waals surface area (Å²) in [7, 11) is 1.44. The molecular formula is C18H17FN4O. The highest BCUT2D eigenvalue weighted by Gasteiger charge is 2.11. The summed E-state index contributed by atoms with van der Waals surface area (Å²) in [4.78, 5) is 12.8. The number of benzene rings is 1. The van der Waals surface area contributed by atoms with Crippen LogP contribution < -0.4 is 10.1 Å². The van der Waals surface area contributed by atoms with Gasteiger partial charge in [-0.2, -0.15) is 0 Å². The summed E-state index contributed by atoms with van der Waals surface area (Å²) in [5, 5.41) is 3.18. The molecule has 3 aromatic rings. The van der Waals surface area contributed by atoms with Gasteiger partial charge in [0.25, 0.3) is 0 Å². The first-order chi connectivity index (χ1) is 11.7. The molecule has 24 heavy (non-hydrogen) atoms. The second kappa shape index (κ2) is 7.04. The van der Waals surface area contributed by atoms with Crippen molar-refractivity contribution in [3.05, 3.63) is 66.4 Å². The number of hydrogen-bond donors (Lipinski definition) is 1. The van der Waals surface area contributed by atoms with Crippen molar-refractivity contribution in [2.24, 2.45) is 0 Å². The highest BCUT2D eigenvalue weighted by molar-refractivity contribution is 5.58. The van der Waals surface area contributed by atoms with E-state index in [2.05, 4.69) is 20.3 Å². The largest absolute Gasteiger partial charge is 0.494 e. The number of hydrogen-bond acceptors (Lipinski definition) is 5. The van der Waals surface area contributed by atoms with E-state index in [1.807, 2.05) is 31.2 Å². The van der Waals surface area contributed by atoms with Gasteiger partial charge >= 0.3 is 0 Å². The van der Waals surface area contributed by atoms with Gasteiger partial charge in [0.2, 0.25) is 5.95 Å². The molecule has 0 aliphatic heterocycles. The van der Waals surface area contributed by atoms with Crippen LogP contribution >= 0.6 is 0 Å². The standard InChI is InChI=1S/C18H17FN4O/c1-12(13-5-6-17(24-2)15(19)10-13)22-18-21-9-7-16(23-18)14-4-3-8-20-11-14/h3-12H,1-2H3,(H,21,22,23)/t12-/m0/s1. The van der Waals surface area contributed by atoms with Gasteiger partial charge in [-0.15, -0.1) is 0 Å². The molecule has 0 spiro atoms. The van der Waals surface area contributed by atoms with Gasteiger partial charge in [-0.05, 0) is 42.8 Å². The van der Waals surface area contributed by atoms with Gasteiger partial charge in [0.1, 0.15) is 0 Å². The second-order valence-electron chi connectivity index (χ2n) is 5.27. The Labute approximate surface area is 139 Å². The molecule has 1 atom stereocenters. The zero-order chi connectivity index (χ0) is 16.9. The summed E-state index contributed by atoms with van der Waals surface area (Å²) in [6, 6.07) is 10.3. The fourth-order valence-electron chi connectivity index (χ4n) is 2.33. The smallest absolute Gasteiger partial charge is 0.223 e. The van der Waals surface area contributed by atoms with Crippen LogP contribution in [0.3, 0.4) is 0 Å². The van der Waals surface area contributed by atoms with E-state index < -0.39 is 5.82 Å². The lowest BCUT2D eigenvalue weighted by Gasteiger charge is -2.15. The third-order valence-corrected chi connectivity index (χ3v) is 3.63. The molecule has 0 saturated heterocycles. The number of aromatic nitrogens is 3. The van der Waals surface area contributed by atoms with Crippen molar-refractivity contribution >= 4 is 5.95 Å². The molecule has 3 rings (SSSR count). The van der Waals surface area contributed by atoms with Crippen LogP contribution in [0.1, 0.15) is 18.5 Å². The third-order valence-electron chi connectivity index (χ3n) is 3.63. The van der Waals surface area contributed by atoms with Crippen LogP contribution in [0.5, 0.6) is 5.75 Å². The molecule has 122 valence electrons. The summed E-state index contributed by atoms with van der Waals surface area (Å²) in [5.41, 5.74) is 2.46. The molecule has 1 N–H and O–H groups in total. The fourth-order valence-corrected chi connectivity index (χ4v) is 2.33. The Morgan fingerprint density at radius 3 is 2.75 bits per heavy atom. The highest BCUT2D eigenvalue weighted by Crippen LogP contribution is 2.24. The second-order valence-corrected chi connectivity index (χ2v) is 5.27. The zero-order valence-corrected chi connectivity index (χ0v) is 13.4. The number of halogens is 1. The quantitative estimate of drug-likeness (QED) is 0.772. The first-order valence-corrected chi connectivity index (χ1v) is 7.51. The lowest BCUT2D eigenvalue weighted by atomic mass is 10.1. The lowest BCUT2D eigenvalue weighted by molar-refractivity contribution is 0.386. The molecule has 0 amide bonds. The van der Waals surface area contributed by atoms with Crippen LogP contribution in [0.2, 0.25) is 0 Å². The molecule has 0 radical (unpaired) electrons. The van der Waals surface area contributed by atoms with Gasteiger partial charge in [-0.25, -0.2) is 14.4 Å². The molecule has 1 aromatic carbocycles. The topological polar surface area (TPSA) is 59.9 Å². The number of ether oxygens (including phenoxy) is 1. The van der Waals surface area contributed by atoms with Crippen LogP contribution in [0.25, 0.3) is 11.3 Å². The number of nitrogens with zero attached hydrogens (tertiary/aromatic N) is 3. The molecule has 5 nitrogen and oxygen atoms in total. The van der Waals surface area contributed by atoms with Crippen LogP contribution in [-0.2, 0) is 0 Å². The van der Waals surface area contributed by atoms with E-state index in [0.29, 0.717) is 5.95 Å². The van der Waals surface area contributed by atoms with Gasteiger partial charge in [0, 0.05) is 24.2 Å². The van der Waals surface area contributed by atoms with E-state index in [4.69, 9.17) is 4.74 Å². The summed E-state index contributed by atoms with van der Waals surface area (Å²) in [5.74, 6) is 0.300. The van der Waals surface area contributed by atoms with Crippen molar-refractivity contribution in [2.75, 3.05) is 12.4 Å². The number of methoxy groups -OCH3 is 1. The minimum Gasteiger partial charge on any atom is -0.494 e. The Kier molecular flexibility index (Phi) is 4.65. The van der Waals surface area contributed by atoms with Crippen molar-refractivity contribution in [1.82, 2.24) is 15.0 Å². The predicted octanol–water partition coefficient (Wildman–Crippen LogP) is 3.86. The molecule has 0 bridgehead atoms. The number of pyridine rings is 1. The Balaban J connectivity index is 1.80. The van der Waals surface area contributed by atoms with Crippen molar-refractivity contribution in [2.45, 2.75) is 13.0 Å². The van der Waals surface area contributed by atoms with Gasteiger partial charge < -0.3 is 10.1 Å². The van der Waals surface area contributed by atoms with Crippen molar-refractivity contribution < 1.29 is 9.13 Å². The van der Waals surface area contributed by atoms with Crippen molar-refractivity contribution in [1.29, 1.82) is 0 Å². The molecule has 0 unspecified atom stereocenters. The maximum atomic E-state index is 13.8. The van der Waals surface area contributed by atoms with Crippen molar-refractivity contribution in [3.8, 4) is 17.0 Å².